The fourth-order valence-corrected chi connectivity index (χ4v) is 2.22. The Morgan fingerprint density at radius 2 is 2.00 bits per heavy atom. The monoisotopic (exact) mass is 255 g/mol. The van der Waals surface area contributed by atoms with E-state index in [-0.39, 0.29) is 0 Å². The fraction of sp³-hybridized carbons (Fsp3) is 0.692. The zero-order valence-corrected chi connectivity index (χ0v) is 12.0. The molecule has 0 N–H and O–H groups in total. The molecule has 3 nitrogen and oxygen atoms in total. The highest BCUT2D eigenvalue weighted by Gasteiger charge is 2.17. The molecule has 1 aromatic heterocycles. The highest BCUT2D eigenvalue weighted by molar-refractivity contribution is 6.30. The number of rotatable bonds is 6. The van der Waals surface area contributed by atoms with Crippen LogP contribution in [-0.4, -0.2) is 23.1 Å². The lowest BCUT2D eigenvalue weighted by atomic mass is 10.1. The summed E-state index contributed by atoms with van der Waals surface area (Å²) < 4.78 is 0. The molecule has 0 spiro atoms. The largest absolute Gasteiger partial charge is 0.357 e. The lowest BCUT2D eigenvalue weighted by Crippen LogP contribution is -2.26. The first-order chi connectivity index (χ1) is 8.11. The van der Waals surface area contributed by atoms with E-state index in [0.717, 1.165) is 24.5 Å². The second kappa shape index (κ2) is 6.80. The minimum Gasteiger partial charge on any atom is -0.357 e. The van der Waals surface area contributed by atoms with Crippen molar-refractivity contribution >= 4 is 17.4 Å². The summed E-state index contributed by atoms with van der Waals surface area (Å²) in [5.74, 6) is 1.34. The van der Waals surface area contributed by atoms with Crippen LogP contribution in [0.2, 0.25) is 5.15 Å². The maximum Gasteiger partial charge on any atom is 0.138 e. The Bertz CT molecular complexity index is 353. The summed E-state index contributed by atoms with van der Waals surface area (Å²) in [6.07, 6.45) is 3.91. The summed E-state index contributed by atoms with van der Waals surface area (Å²) in [4.78, 5) is 10.8. The van der Waals surface area contributed by atoms with Crippen LogP contribution in [0.15, 0.2) is 6.33 Å². The van der Waals surface area contributed by atoms with E-state index in [2.05, 4.69) is 42.6 Å². The number of anilines is 1. The maximum atomic E-state index is 6.18. The molecule has 1 aromatic rings. The average Bonchev–Trinajstić information content (AvgIpc) is 2.29. The van der Waals surface area contributed by atoms with Gasteiger partial charge in [-0.2, -0.15) is 0 Å². The number of aromatic nitrogens is 2. The molecule has 0 bridgehead atoms. The van der Waals surface area contributed by atoms with Crippen LogP contribution >= 0.6 is 11.6 Å². The molecule has 0 atom stereocenters. The summed E-state index contributed by atoms with van der Waals surface area (Å²) in [6.45, 7) is 10.6. The molecule has 0 aliphatic rings. The van der Waals surface area contributed by atoms with E-state index >= 15 is 0 Å². The van der Waals surface area contributed by atoms with Crippen molar-refractivity contribution in [1.29, 1.82) is 0 Å². The zero-order valence-electron chi connectivity index (χ0n) is 11.2. The molecule has 0 aliphatic heterocycles. The minimum atomic E-state index is 0.342. The van der Waals surface area contributed by atoms with Gasteiger partial charge in [0.1, 0.15) is 17.3 Å². The second-order valence-corrected chi connectivity index (χ2v) is 4.85. The van der Waals surface area contributed by atoms with Gasteiger partial charge in [-0.25, -0.2) is 9.97 Å². The van der Waals surface area contributed by atoms with Gasteiger partial charge in [0.15, 0.2) is 0 Å². The third-order valence-electron chi connectivity index (χ3n) is 2.85. The highest BCUT2D eigenvalue weighted by Crippen LogP contribution is 2.30. The Morgan fingerprint density at radius 3 is 2.53 bits per heavy atom. The Labute approximate surface area is 109 Å². The second-order valence-electron chi connectivity index (χ2n) is 4.49. The molecule has 0 aromatic carbocycles. The van der Waals surface area contributed by atoms with Gasteiger partial charge >= 0.3 is 0 Å². The molecule has 4 heteroatoms. The number of nitrogens with zero attached hydrogens (tertiary/aromatic N) is 3. The summed E-state index contributed by atoms with van der Waals surface area (Å²) in [7, 11) is 0. The molecule has 96 valence electrons. The topological polar surface area (TPSA) is 29.0 Å². The Hall–Kier alpha value is -0.830. The van der Waals surface area contributed by atoms with Crippen LogP contribution in [0, 0.1) is 0 Å². The van der Waals surface area contributed by atoms with Gasteiger partial charge in [-0.1, -0.05) is 38.8 Å². The number of unbranched alkanes of at least 4 members (excludes halogenated alkanes) is 1. The van der Waals surface area contributed by atoms with Gasteiger partial charge in [0.2, 0.25) is 0 Å². The quantitative estimate of drug-likeness (QED) is 0.723. The summed E-state index contributed by atoms with van der Waals surface area (Å²) >= 11 is 6.18. The molecule has 1 rings (SSSR count). The molecule has 0 saturated heterocycles. The van der Waals surface area contributed by atoms with Gasteiger partial charge in [-0.15, -0.1) is 0 Å². The van der Waals surface area contributed by atoms with E-state index in [0.29, 0.717) is 11.1 Å². The van der Waals surface area contributed by atoms with E-state index in [1.54, 1.807) is 6.33 Å². The SMILES string of the molecule is CCCCN(CC)c1ncnc(Cl)c1C(C)C. The molecular formula is C13H22ClN3. The van der Waals surface area contributed by atoms with Crippen LogP contribution in [0.1, 0.15) is 52.0 Å². The van der Waals surface area contributed by atoms with Gasteiger partial charge in [-0.05, 0) is 19.3 Å². The Balaban J connectivity index is 3.05. The molecule has 1 heterocycles. The van der Waals surface area contributed by atoms with Crippen molar-refractivity contribution in [3.63, 3.8) is 0 Å². The van der Waals surface area contributed by atoms with E-state index in [4.69, 9.17) is 11.6 Å². The van der Waals surface area contributed by atoms with Crippen LogP contribution in [0.3, 0.4) is 0 Å². The molecular weight excluding hydrogens is 234 g/mol. The van der Waals surface area contributed by atoms with E-state index in [1.807, 2.05) is 0 Å². The lowest BCUT2D eigenvalue weighted by molar-refractivity contribution is 0.710. The van der Waals surface area contributed by atoms with Crippen molar-refractivity contribution in [3.05, 3.63) is 17.0 Å². The molecule has 0 radical (unpaired) electrons. The summed E-state index contributed by atoms with van der Waals surface area (Å²) in [5, 5.41) is 0.583. The van der Waals surface area contributed by atoms with Gasteiger partial charge in [0.05, 0.1) is 0 Å². The van der Waals surface area contributed by atoms with Crippen LogP contribution in [0.4, 0.5) is 5.82 Å². The van der Waals surface area contributed by atoms with Crippen molar-refractivity contribution < 1.29 is 0 Å². The van der Waals surface area contributed by atoms with E-state index in [1.165, 1.54) is 12.8 Å². The number of hydrogen-bond acceptors (Lipinski definition) is 3. The minimum absolute atomic E-state index is 0.342. The van der Waals surface area contributed by atoms with Crippen LogP contribution < -0.4 is 4.90 Å². The number of hydrogen-bond donors (Lipinski definition) is 0. The van der Waals surface area contributed by atoms with Crippen molar-refractivity contribution in [2.75, 3.05) is 18.0 Å². The molecule has 0 unspecified atom stereocenters. The van der Waals surface area contributed by atoms with Crippen LogP contribution in [-0.2, 0) is 0 Å². The third-order valence-corrected chi connectivity index (χ3v) is 3.16. The van der Waals surface area contributed by atoms with Crippen molar-refractivity contribution in [2.24, 2.45) is 0 Å². The molecule has 0 amide bonds. The Morgan fingerprint density at radius 1 is 1.29 bits per heavy atom. The molecule has 0 aliphatic carbocycles. The summed E-state index contributed by atoms with van der Waals surface area (Å²) in [6, 6.07) is 0. The number of halogens is 1. The highest BCUT2D eigenvalue weighted by atomic mass is 35.5. The van der Waals surface area contributed by atoms with Gasteiger partial charge in [0, 0.05) is 18.7 Å². The van der Waals surface area contributed by atoms with Crippen LogP contribution in [0.5, 0.6) is 0 Å². The van der Waals surface area contributed by atoms with Gasteiger partial charge < -0.3 is 4.90 Å². The molecule has 17 heavy (non-hydrogen) atoms. The van der Waals surface area contributed by atoms with Gasteiger partial charge in [-0.3, -0.25) is 0 Å². The predicted octanol–water partition coefficient (Wildman–Crippen LogP) is 3.88. The predicted molar refractivity (Wildman–Crippen MR) is 73.9 cm³/mol. The standard InChI is InChI=1S/C13H22ClN3/c1-5-7-8-17(6-2)13-11(10(3)4)12(14)15-9-16-13/h9-10H,5-8H2,1-4H3. The lowest BCUT2D eigenvalue weighted by Gasteiger charge is -2.25. The molecule has 0 fully saturated rings. The van der Waals surface area contributed by atoms with Crippen molar-refractivity contribution in [2.45, 2.75) is 46.5 Å². The normalized spacial score (nSPS) is 10.9. The smallest absolute Gasteiger partial charge is 0.138 e. The fourth-order valence-electron chi connectivity index (χ4n) is 1.88. The third kappa shape index (κ3) is 3.56. The average molecular weight is 256 g/mol. The Kier molecular flexibility index (Phi) is 5.69. The maximum absolute atomic E-state index is 6.18. The first-order valence-electron chi connectivity index (χ1n) is 6.37. The van der Waals surface area contributed by atoms with E-state index < -0.39 is 0 Å². The van der Waals surface area contributed by atoms with Crippen LogP contribution in [0.25, 0.3) is 0 Å². The summed E-state index contributed by atoms with van der Waals surface area (Å²) in [5.41, 5.74) is 1.06. The zero-order chi connectivity index (χ0) is 12.8. The first kappa shape index (κ1) is 14.2. The van der Waals surface area contributed by atoms with Crippen molar-refractivity contribution in [1.82, 2.24) is 9.97 Å². The van der Waals surface area contributed by atoms with E-state index in [9.17, 15) is 0 Å². The molecule has 0 saturated carbocycles. The van der Waals surface area contributed by atoms with Gasteiger partial charge in [0.25, 0.3) is 0 Å². The van der Waals surface area contributed by atoms with Crippen molar-refractivity contribution in [3.8, 4) is 0 Å². The first-order valence-corrected chi connectivity index (χ1v) is 6.74.